The molecule has 0 saturated carbocycles. The van der Waals surface area contributed by atoms with Gasteiger partial charge in [0.1, 0.15) is 11.5 Å². The van der Waals surface area contributed by atoms with E-state index >= 15 is 0 Å². The molecule has 0 aliphatic heterocycles. The molecule has 2 atom stereocenters. The van der Waals surface area contributed by atoms with Crippen LogP contribution in [0.15, 0.2) is 48.5 Å². The Morgan fingerprint density at radius 1 is 0.625 bits per heavy atom. The number of ketones is 2. The molecule has 0 heterocycles. The Balaban J connectivity index is 2.22. The summed E-state index contributed by atoms with van der Waals surface area (Å²) in [5.41, 5.74) is 1.09. The molecule has 2 aromatic rings. The largest absolute Gasteiger partial charge is 0.494 e. The fourth-order valence-corrected chi connectivity index (χ4v) is 4.25. The lowest BCUT2D eigenvalue weighted by atomic mass is 9.85. The van der Waals surface area contributed by atoms with E-state index in [9.17, 15) is 9.59 Å². The molecule has 6 heteroatoms. The van der Waals surface area contributed by atoms with Crippen LogP contribution in [0.25, 0.3) is 0 Å². The number of hydrogen-bond acceptors (Lipinski definition) is 6. The standard InChI is InChI=1S/C34H52N2O4/c1-9-21-39-29-17-13-25(14-18-29)31(37)27(23-35-33(3,4)5)11-12-28(24-36-34(6,7)8)32(38)26-15-19-30(20-16-26)40-22-10-2/h13-20,27-28,35-36H,9-12,21-24H2,1-8H3/t27-,28+. The molecule has 2 aromatic carbocycles. The Bertz CT molecular complexity index is 948. The third-order valence-corrected chi connectivity index (χ3v) is 6.59. The molecule has 0 saturated heterocycles. The fourth-order valence-electron chi connectivity index (χ4n) is 4.25. The molecule has 6 nitrogen and oxygen atoms in total. The number of rotatable bonds is 17. The molecule has 0 amide bonds. The van der Waals surface area contributed by atoms with Crippen LogP contribution in [0.3, 0.4) is 0 Å². The highest BCUT2D eigenvalue weighted by atomic mass is 16.5. The van der Waals surface area contributed by atoms with Crippen LogP contribution in [0.1, 0.15) is 102 Å². The lowest BCUT2D eigenvalue weighted by Crippen LogP contribution is -2.42. The van der Waals surface area contributed by atoms with Gasteiger partial charge in [0.2, 0.25) is 0 Å². The van der Waals surface area contributed by atoms with Gasteiger partial charge >= 0.3 is 0 Å². The van der Waals surface area contributed by atoms with Crippen LogP contribution < -0.4 is 20.1 Å². The minimum absolute atomic E-state index is 0.0891. The summed E-state index contributed by atoms with van der Waals surface area (Å²) in [6.07, 6.45) is 3.08. The van der Waals surface area contributed by atoms with Crippen LogP contribution in [-0.2, 0) is 0 Å². The molecule has 0 aliphatic carbocycles. The quantitative estimate of drug-likeness (QED) is 0.204. The van der Waals surface area contributed by atoms with E-state index in [1.165, 1.54) is 0 Å². The maximum absolute atomic E-state index is 13.7. The highest BCUT2D eigenvalue weighted by Crippen LogP contribution is 2.24. The van der Waals surface area contributed by atoms with Gasteiger partial charge in [-0.3, -0.25) is 9.59 Å². The van der Waals surface area contributed by atoms with Crippen LogP contribution in [0, 0.1) is 11.8 Å². The summed E-state index contributed by atoms with van der Waals surface area (Å²) in [4.78, 5) is 27.4. The van der Waals surface area contributed by atoms with E-state index in [4.69, 9.17) is 9.47 Å². The highest BCUT2D eigenvalue weighted by molar-refractivity contribution is 5.99. The molecule has 0 aromatic heterocycles. The van der Waals surface area contributed by atoms with Crippen molar-refractivity contribution in [3.63, 3.8) is 0 Å². The number of nitrogens with one attached hydrogen (secondary N) is 2. The first kappa shape index (κ1) is 33.5. The molecular formula is C34H52N2O4. The van der Waals surface area contributed by atoms with Crippen molar-refractivity contribution in [2.75, 3.05) is 26.3 Å². The molecule has 0 unspecified atom stereocenters. The Morgan fingerprint density at radius 3 is 1.23 bits per heavy atom. The average Bonchev–Trinajstić information content (AvgIpc) is 2.91. The molecule has 0 aliphatic rings. The lowest BCUT2D eigenvalue weighted by Gasteiger charge is -2.28. The number of carbonyl (C=O) groups is 2. The van der Waals surface area contributed by atoms with Gasteiger partial charge in [-0.25, -0.2) is 0 Å². The lowest BCUT2D eigenvalue weighted by molar-refractivity contribution is 0.0858. The second kappa shape index (κ2) is 15.9. The predicted molar refractivity (Wildman–Crippen MR) is 165 cm³/mol. The minimum Gasteiger partial charge on any atom is -0.494 e. The number of benzene rings is 2. The smallest absolute Gasteiger partial charge is 0.167 e. The van der Waals surface area contributed by atoms with Crippen LogP contribution in [0.5, 0.6) is 11.5 Å². The van der Waals surface area contributed by atoms with Gasteiger partial charge < -0.3 is 20.1 Å². The van der Waals surface area contributed by atoms with Crippen molar-refractivity contribution in [2.24, 2.45) is 11.8 Å². The van der Waals surface area contributed by atoms with Gasteiger partial charge in [0.25, 0.3) is 0 Å². The number of hydrogen-bond donors (Lipinski definition) is 2. The van der Waals surface area contributed by atoms with Gasteiger partial charge in [-0.2, -0.15) is 0 Å². The SMILES string of the molecule is CCCOc1ccc(C(=O)[C@H](CC[C@@H](CNC(C)(C)C)C(=O)c2ccc(OCCC)cc2)CNC(C)(C)C)cc1. The van der Waals surface area contributed by atoms with Crippen molar-refractivity contribution < 1.29 is 19.1 Å². The molecule has 2 rings (SSSR count). The molecule has 0 bridgehead atoms. The Kier molecular flexibility index (Phi) is 13.3. The zero-order chi connectivity index (χ0) is 29.8. The van der Waals surface area contributed by atoms with Crippen LogP contribution in [0.4, 0.5) is 0 Å². The molecule has 0 fully saturated rings. The second-order valence-electron chi connectivity index (χ2n) is 12.7. The van der Waals surface area contributed by atoms with E-state index in [1.54, 1.807) is 0 Å². The summed E-state index contributed by atoms with van der Waals surface area (Å²) in [5.74, 6) is 1.21. The topological polar surface area (TPSA) is 76.7 Å². The Hall–Kier alpha value is -2.70. The van der Waals surface area contributed by atoms with Crippen molar-refractivity contribution in [1.82, 2.24) is 10.6 Å². The van der Waals surface area contributed by atoms with Crippen molar-refractivity contribution >= 4 is 11.6 Å². The molecule has 40 heavy (non-hydrogen) atoms. The Labute approximate surface area is 242 Å². The zero-order valence-electron chi connectivity index (χ0n) is 26.1. The first-order valence-electron chi connectivity index (χ1n) is 14.9. The number of ether oxygens (including phenoxy) is 2. The number of Topliss-reactive ketones (excluding diaryl/α,β-unsaturated/α-hetero) is 2. The summed E-state index contributed by atoms with van der Waals surface area (Å²) in [6.45, 7) is 19.1. The Morgan fingerprint density at radius 2 is 0.950 bits per heavy atom. The van der Waals surface area contributed by atoms with Gasteiger partial charge in [-0.15, -0.1) is 0 Å². The van der Waals surface area contributed by atoms with Crippen LogP contribution in [0.2, 0.25) is 0 Å². The first-order valence-corrected chi connectivity index (χ1v) is 14.9. The van der Waals surface area contributed by atoms with E-state index in [0.717, 1.165) is 24.3 Å². The zero-order valence-corrected chi connectivity index (χ0v) is 26.1. The van der Waals surface area contributed by atoms with Crippen LogP contribution >= 0.6 is 0 Å². The van der Waals surface area contributed by atoms with Crippen molar-refractivity contribution in [3.05, 3.63) is 59.7 Å². The third-order valence-electron chi connectivity index (χ3n) is 6.59. The monoisotopic (exact) mass is 552 g/mol. The van der Waals surface area contributed by atoms with Gasteiger partial charge in [0.15, 0.2) is 11.6 Å². The average molecular weight is 553 g/mol. The third kappa shape index (κ3) is 12.2. The van der Waals surface area contributed by atoms with E-state index in [0.29, 0.717) is 50.3 Å². The van der Waals surface area contributed by atoms with Crippen LogP contribution in [-0.4, -0.2) is 48.9 Å². The van der Waals surface area contributed by atoms with E-state index in [1.807, 2.05) is 48.5 Å². The molecule has 0 spiro atoms. The van der Waals surface area contributed by atoms with Gasteiger partial charge in [-0.1, -0.05) is 13.8 Å². The molecule has 2 N–H and O–H groups in total. The predicted octanol–water partition coefficient (Wildman–Crippen LogP) is 7.12. The summed E-state index contributed by atoms with van der Waals surface area (Å²) in [5, 5.41) is 7.03. The number of carbonyl (C=O) groups excluding carboxylic acids is 2. The van der Waals surface area contributed by atoms with Crippen molar-refractivity contribution in [3.8, 4) is 11.5 Å². The minimum atomic E-state index is -0.253. The highest BCUT2D eigenvalue weighted by Gasteiger charge is 2.27. The van der Waals surface area contributed by atoms with Gasteiger partial charge in [0.05, 0.1) is 13.2 Å². The maximum atomic E-state index is 13.7. The van der Waals surface area contributed by atoms with Gasteiger partial charge in [-0.05, 0) is 116 Å². The first-order chi connectivity index (χ1) is 18.8. The molecule has 0 radical (unpaired) electrons. The van der Waals surface area contributed by atoms with Crippen molar-refractivity contribution in [1.29, 1.82) is 0 Å². The molecular weight excluding hydrogens is 500 g/mol. The van der Waals surface area contributed by atoms with E-state index in [2.05, 4.69) is 66.0 Å². The maximum Gasteiger partial charge on any atom is 0.167 e. The fraction of sp³-hybridized carbons (Fsp3) is 0.588. The van der Waals surface area contributed by atoms with E-state index < -0.39 is 0 Å². The summed E-state index contributed by atoms with van der Waals surface area (Å²) >= 11 is 0. The second-order valence-corrected chi connectivity index (χ2v) is 12.7. The summed E-state index contributed by atoms with van der Waals surface area (Å²) in [7, 11) is 0. The molecule has 222 valence electrons. The summed E-state index contributed by atoms with van der Waals surface area (Å²) in [6, 6.07) is 14.9. The normalized spacial score (nSPS) is 13.5. The van der Waals surface area contributed by atoms with Crippen molar-refractivity contribution in [2.45, 2.75) is 92.2 Å². The van der Waals surface area contributed by atoms with Gasteiger partial charge in [0, 0.05) is 47.1 Å². The summed E-state index contributed by atoms with van der Waals surface area (Å²) < 4.78 is 11.4. The van der Waals surface area contributed by atoms with E-state index in [-0.39, 0.29) is 34.5 Å².